The van der Waals surface area contributed by atoms with E-state index in [0.29, 0.717) is 32.6 Å². The average molecular weight is 506 g/mol. The number of nitrogens with zero attached hydrogens (tertiary/aromatic N) is 3. The number of fused-ring (bicyclic) bond motifs is 2. The molecule has 0 saturated carbocycles. The molecule has 0 radical (unpaired) electrons. The number of urea groups is 1. The van der Waals surface area contributed by atoms with E-state index in [1.54, 1.807) is 14.2 Å². The third-order valence-corrected chi connectivity index (χ3v) is 8.62. The van der Waals surface area contributed by atoms with Crippen molar-refractivity contribution < 1.29 is 19.1 Å². The van der Waals surface area contributed by atoms with Gasteiger partial charge in [0.1, 0.15) is 0 Å². The van der Waals surface area contributed by atoms with Crippen molar-refractivity contribution in [2.45, 2.75) is 58.6 Å². The standard InChI is InChI=1S/C30H39N3O4/c1-7-33-29(35)32-18-23-16-24(36-5)17-25(37-6)27(23)21(4)15-26(32)30(33)8-10-31(11-9-30)28(34)22-13-19(2)12-20(3)14-22/h12-16,21,25H,7-11,17-18H2,1-6H3. The molecule has 2 unspecified atom stereocenters. The summed E-state index contributed by atoms with van der Waals surface area (Å²) in [4.78, 5) is 33.2. The van der Waals surface area contributed by atoms with Crippen molar-refractivity contribution in [3.63, 3.8) is 0 Å². The van der Waals surface area contributed by atoms with E-state index in [1.807, 2.05) is 40.7 Å². The van der Waals surface area contributed by atoms with Crippen LogP contribution in [0, 0.1) is 19.8 Å². The molecular formula is C30H39N3O4. The van der Waals surface area contributed by atoms with E-state index in [9.17, 15) is 9.59 Å². The number of likely N-dealkylation sites (tertiary alicyclic amines) is 1. The van der Waals surface area contributed by atoms with E-state index >= 15 is 0 Å². The van der Waals surface area contributed by atoms with Crippen LogP contribution in [0.2, 0.25) is 0 Å². The van der Waals surface area contributed by atoms with Gasteiger partial charge in [0, 0.05) is 50.3 Å². The lowest BCUT2D eigenvalue weighted by Gasteiger charge is -2.44. The number of benzene rings is 1. The van der Waals surface area contributed by atoms with Gasteiger partial charge in [0.25, 0.3) is 5.91 Å². The first-order valence-electron chi connectivity index (χ1n) is 13.4. The molecule has 1 spiro atoms. The SMILES string of the molecule is CCN1C(=O)N2CC3=C(C(C)C=C2C12CCN(C(=O)c1cc(C)cc(C)c1)CC2)C(OC)CC(OC)=C3. The summed E-state index contributed by atoms with van der Waals surface area (Å²) in [6, 6.07) is 6.08. The number of likely N-dealkylation sites (N-methyl/N-ethyl adjacent to an activating group) is 1. The predicted octanol–water partition coefficient (Wildman–Crippen LogP) is 4.81. The first kappa shape index (κ1) is 25.6. The Balaban J connectivity index is 1.45. The molecular weight excluding hydrogens is 466 g/mol. The molecule has 1 aromatic rings. The summed E-state index contributed by atoms with van der Waals surface area (Å²) in [5.74, 6) is 1.09. The van der Waals surface area contributed by atoms with Gasteiger partial charge in [0.15, 0.2) is 0 Å². The summed E-state index contributed by atoms with van der Waals surface area (Å²) < 4.78 is 11.5. The van der Waals surface area contributed by atoms with E-state index in [2.05, 4.69) is 32.1 Å². The smallest absolute Gasteiger partial charge is 0.325 e. The molecule has 198 valence electrons. The van der Waals surface area contributed by atoms with E-state index in [0.717, 1.165) is 46.6 Å². The molecule has 1 aromatic carbocycles. The van der Waals surface area contributed by atoms with Gasteiger partial charge in [-0.15, -0.1) is 0 Å². The number of amides is 3. The van der Waals surface area contributed by atoms with Gasteiger partial charge in [-0.1, -0.05) is 30.2 Å². The first-order valence-corrected chi connectivity index (χ1v) is 13.4. The highest BCUT2D eigenvalue weighted by atomic mass is 16.5. The second-order valence-corrected chi connectivity index (χ2v) is 10.9. The number of hydrogen-bond donors (Lipinski definition) is 0. The summed E-state index contributed by atoms with van der Waals surface area (Å²) in [5, 5.41) is 0. The van der Waals surface area contributed by atoms with Gasteiger partial charge >= 0.3 is 6.03 Å². The Bertz CT molecular complexity index is 1180. The first-order chi connectivity index (χ1) is 17.7. The van der Waals surface area contributed by atoms with Crippen LogP contribution < -0.4 is 0 Å². The zero-order valence-electron chi connectivity index (χ0n) is 23.0. The number of hydrogen-bond acceptors (Lipinski definition) is 4. The minimum absolute atomic E-state index is 0.0516. The Hall–Kier alpha value is -3.06. The Morgan fingerprint density at radius 1 is 1.11 bits per heavy atom. The van der Waals surface area contributed by atoms with Crippen molar-refractivity contribution in [1.82, 2.24) is 14.7 Å². The van der Waals surface area contributed by atoms with E-state index in [-0.39, 0.29) is 24.0 Å². The molecule has 0 N–H and O–H groups in total. The Kier molecular flexibility index (Phi) is 6.69. The quantitative estimate of drug-likeness (QED) is 0.589. The number of ether oxygens (including phenoxy) is 2. The van der Waals surface area contributed by atoms with E-state index in [4.69, 9.17) is 9.47 Å². The molecule has 1 aliphatic carbocycles. The maximum Gasteiger partial charge on any atom is 0.325 e. The molecule has 37 heavy (non-hydrogen) atoms. The van der Waals surface area contributed by atoms with Crippen LogP contribution in [-0.2, 0) is 9.47 Å². The van der Waals surface area contributed by atoms with Crippen molar-refractivity contribution in [3.05, 3.63) is 69.6 Å². The molecule has 7 nitrogen and oxygen atoms in total. The van der Waals surface area contributed by atoms with Crippen LogP contribution >= 0.6 is 0 Å². The Labute approximate surface area is 220 Å². The summed E-state index contributed by atoms with van der Waals surface area (Å²) in [6.45, 7) is 10.7. The van der Waals surface area contributed by atoms with E-state index < -0.39 is 5.54 Å². The third kappa shape index (κ3) is 4.17. The summed E-state index contributed by atoms with van der Waals surface area (Å²) in [7, 11) is 3.43. The normalized spacial score (nSPS) is 25.0. The molecule has 5 rings (SSSR count). The van der Waals surface area contributed by atoms with Gasteiger partial charge in [0.05, 0.1) is 31.1 Å². The molecule has 7 heteroatoms. The molecule has 0 aromatic heterocycles. The van der Waals surface area contributed by atoms with Crippen molar-refractivity contribution in [2.24, 2.45) is 5.92 Å². The fraction of sp³-hybridized carbons (Fsp3) is 0.533. The second kappa shape index (κ2) is 9.67. The highest BCUT2D eigenvalue weighted by molar-refractivity contribution is 5.95. The number of aryl methyl sites for hydroxylation is 2. The topological polar surface area (TPSA) is 62.3 Å². The lowest BCUT2D eigenvalue weighted by molar-refractivity contribution is 0.0574. The van der Waals surface area contributed by atoms with Crippen LogP contribution in [0.1, 0.15) is 54.6 Å². The number of rotatable bonds is 4. The van der Waals surface area contributed by atoms with Crippen molar-refractivity contribution in [2.75, 3.05) is 40.4 Å². The van der Waals surface area contributed by atoms with Crippen molar-refractivity contribution in [3.8, 4) is 0 Å². The minimum atomic E-state index is -0.398. The largest absolute Gasteiger partial charge is 0.501 e. The number of methoxy groups -OCH3 is 2. The molecule has 2 atom stereocenters. The van der Waals surface area contributed by atoms with Gasteiger partial charge in [-0.3, -0.25) is 9.69 Å². The molecule has 2 fully saturated rings. The van der Waals surface area contributed by atoms with Gasteiger partial charge in [-0.2, -0.15) is 0 Å². The highest BCUT2D eigenvalue weighted by Crippen LogP contribution is 2.47. The third-order valence-electron chi connectivity index (χ3n) is 8.62. The van der Waals surface area contributed by atoms with Crippen LogP contribution in [0.15, 0.2) is 53.0 Å². The zero-order chi connectivity index (χ0) is 26.5. The Morgan fingerprint density at radius 3 is 2.38 bits per heavy atom. The fourth-order valence-electron chi connectivity index (χ4n) is 6.95. The monoisotopic (exact) mass is 505 g/mol. The Morgan fingerprint density at radius 2 is 1.78 bits per heavy atom. The highest BCUT2D eigenvalue weighted by Gasteiger charge is 2.55. The van der Waals surface area contributed by atoms with Gasteiger partial charge in [0.2, 0.25) is 0 Å². The minimum Gasteiger partial charge on any atom is -0.501 e. The van der Waals surface area contributed by atoms with Crippen LogP contribution in [0.3, 0.4) is 0 Å². The molecule has 0 bridgehead atoms. The van der Waals surface area contributed by atoms with Crippen LogP contribution in [0.25, 0.3) is 0 Å². The van der Waals surface area contributed by atoms with Crippen molar-refractivity contribution in [1.29, 1.82) is 0 Å². The molecule has 4 aliphatic rings. The lowest BCUT2D eigenvalue weighted by Crippen LogP contribution is -2.54. The van der Waals surface area contributed by atoms with Crippen LogP contribution in [-0.4, -0.2) is 78.7 Å². The van der Waals surface area contributed by atoms with Crippen molar-refractivity contribution >= 4 is 11.9 Å². The van der Waals surface area contributed by atoms with Gasteiger partial charge < -0.3 is 19.3 Å². The van der Waals surface area contributed by atoms with Gasteiger partial charge in [-0.05, 0) is 63.0 Å². The average Bonchev–Trinajstić information content (AvgIpc) is 2.99. The number of carbonyl (C=O) groups is 2. The summed E-state index contributed by atoms with van der Waals surface area (Å²) in [5.41, 5.74) is 5.97. The van der Waals surface area contributed by atoms with Crippen LogP contribution in [0.4, 0.5) is 4.79 Å². The maximum atomic E-state index is 13.8. The van der Waals surface area contributed by atoms with E-state index in [1.165, 1.54) is 5.57 Å². The number of allylic oxidation sites excluding steroid dienone is 1. The van der Waals surface area contributed by atoms with Gasteiger partial charge in [-0.25, -0.2) is 4.79 Å². The predicted molar refractivity (Wildman–Crippen MR) is 143 cm³/mol. The van der Waals surface area contributed by atoms with Crippen LogP contribution in [0.5, 0.6) is 0 Å². The summed E-state index contributed by atoms with van der Waals surface area (Å²) in [6.07, 6.45) is 6.49. The fourth-order valence-corrected chi connectivity index (χ4v) is 6.95. The number of carbonyl (C=O) groups excluding carboxylic acids is 2. The maximum absolute atomic E-state index is 13.8. The number of piperidine rings is 1. The lowest BCUT2D eigenvalue weighted by atomic mass is 9.80. The summed E-state index contributed by atoms with van der Waals surface area (Å²) >= 11 is 0. The zero-order valence-corrected chi connectivity index (χ0v) is 23.0. The molecule has 2 saturated heterocycles. The molecule has 3 heterocycles. The molecule has 3 amide bonds. The second-order valence-electron chi connectivity index (χ2n) is 10.9. The molecule has 3 aliphatic heterocycles.